The van der Waals surface area contributed by atoms with Gasteiger partial charge < -0.3 is 0 Å². The quantitative estimate of drug-likeness (QED) is 0.726. The highest BCUT2D eigenvalue weighted by molar-refractivity contribution is 7.18. The molecule has 0 aromatic carbocycles. The van der Waals surface area contributed by atoms with Crippen LogP contribution in [0.1, 0.15) is 23.8 Å². The molecule has 0 saturated carbocycles. The van der Waals surface area contributed by atoms with E-state index in [-0.39, 0.29) is 5.56 Å². The van der Waals surface area contributed by atoms with Gasteiger partial charge in [0.15, 0.2) is 0 Å². The van der Waals surface area contributed by atoms with Crippen LogP contribution in [0.5, 0.6) is 0 Å². The lowest BCUT2D eigenvalue weighted by Gasteiger charge is -2.17. The van der Waals surface area contributed by atoms with Crippen LogP contribution in [0, 0.1) is 5.92 Å². The molecule has 84 valence electrons. The fraction of sp³-hybridized carbons (Fsp3) is 0.455. The molecule has 1 aliphatic rings. The monoisotopic (exact) mass is 236 g/mol. The number of hydrogen-bond acceptors (Lipinski definition) is 3. The SMILES string of the molecule is C[C@@H]1CCc2c(sc3[nH]c(=O)[nH]c(=O)c23)C1. The predicted molar refractivity (Wildman–Crippen MR) is 64.3 cm³/mol. The highest BCUT2D eigenvalue weighted by atomic mass is 32.1. The molecule has 0 fully saturated rings. The fourth-order valence-electron chi connectivity index (χ4n) is 2.38. The second kappa shape index (κ2) is 3.31. The Kier molecular flexibility index (Phi) is 2.04. The van der Waals surface area contributed by atoms with Crippen LogP contribution in [-0.2, 0) is 12.8 Å². The van der Waals surface area contributed by atoms with E-state index in [9.17, 15) is 9.59 Å². The van der Waals surface area contributed by atoms with Crippen molar-refractivity contribution in [3.63, 3.8) is 0 Å². The Labute approximate surface area is 95.3 Å². The minimum atomic E-state index is -0.413. The molecule has 0 spiro atoms. The zero-order chi connectivity index (χ0) is 11.3. The lowest BCUT2D eigenvalue weighted by atomic mass is 9.89. The molecule has 2 N–H and O–H groups in total. The number of aromatic nitrogens is 2. The van der Waals surface area contributed by atoms with Crippen molar-refractivity contribution in [3.05, 3.63) is 31.3 Å². The summed E-state index contributed by atoms with van der Waals surface area (Å²) in [6.07, 6.45) is 3.10. The molecule has 0 unspecified atom stereocenters. The van der Waals surface area contributed by atoms with Crippen molar-refractivity contribution in [2.24, 2.45) is 5.92 Å². The largest absolute Gasteiger partial charge is 0.326 e. The number of fused-ring (bicyclic) bond motifs is 3. The van der Waals surface area contributed by atoms with Gasteiger partial charge in [0.25, 0.3) is 5.56 Å². The first-order valence-electron chi connectivity index (χ1n) is 5.42. The average Bonchev–Trinajstić information content (AvgIpc) is 2.54. The van der Waals surface area contributed by atoms with Gasteiger partial charge in [-0.25, -0.2) is 4.79 Å². The average molecular weight is 236 g/mol. The van der Waals surface area contributed by atoms with Gasteiger partial charge in [-0.05, 0) is 30.7 Å². The zero-order valence-corrected chi connectivity index (χ0v) is 9.74. The molecule has 0 radical (unpaired) electrons. The van der Waals surface area contributed by atoms with Crippen molar-refractivity contribution in [1.29, 1.82) is 0 Å². The highest BCUT2D eigenvalue weighted by Crippen LogP contribution is 2.34. The summed E-state index contributed by atoms with van der Waals surface area (Å²) in [5.74, 6) is 0.673. The summed E-state index contributed by atoms with van der Waals surface area (Å²) >= 11 is 1.56. The summed E-state index contributed by atoms with van der Waals surface area (Å²) in [5.41, 5.74) is 0.491. The van der Waals surface area contributed by atoms with Crippen LogP contribution in [0.25, 0.3) is 10.2 Å². The van der Waals surface area contributed by atoms with Gasteiger partial charge in [0.1, 0.15) is 4.83 Å². The molecule has 1 aliphatic carbocycles. The molecule has 2 aromatic rings. The van der Waals surface area contributed by atoms with E-state index in [1.54, 1.807) is 11.3 Å². The van der Waals surface area contributed by atoms with Crippen molar-refractivity contribution in [2.45, 2.75) is 26.2 Å². The fourth-order valence-corrected chi connectivity index (χ4v) is 3.78. The van der Waals surface area contributed by atoms with Gasteiger partial charge in [-0.2, -0.15) is 0 Å². The van der Waals surface area contributed by atoms with Gasteiger partial charge in [-0.3, -0.25) is 14.8 Å². The lowest BCUT2D eigenvalue weighted by Crippen LogP contribution is -2.22. The van der Waals surface area contributed by atoms with Gasteiger partial charge in [0, 0.05) is 4.88 Å². The van der Waals surface area contributed by atoms with E-state index in [0.29, 0.717) is 11.3 Å². The van der Waals surface area contributed by atoms with E-state index in [1.165, 1.54) is 4.88 Å². The standard InChI is InChI=1S/C11H12N2O2S/c1-5-2-3-6-7(4-5)16-10-8(6)9(14)12-11(15)13-10/h5H,2-4H2,1H3,(H2,12,13,14,15)/t5-/m1/s1. The molecule has 4 nitrogen and oxygen atoms in total. The molecule has 2 heterocycles. The summed E-state index contributed by atoms with van der Waals surface area (Å²) in [6, 6.07) is 0. The first-order chi connectivity index (χ1) is 7.65. The zero-order valence-electron chi connectivity index (χ0n) is 8.92. The third-order valence-electron chi connectivity index (χ3n) is 3.19. The number of hydrogen-bond donors (Lipinski definition) is 2. The Balaban J connectivity index is 2.38. The Bertz CT molecular complexity index is 665. The molecule has 0 aliphatic heterocycles. The number of aromatic amines is 2. The summed E-state index contributed by atoms with van der Waals surface area (Å²) in [4.78, 5) is 29.9. The Hall–Kier alpha value is -1.36. The van der Waals surface area contributed by atoms with Crippen LogP contribution in [0.15, 0.2) is 9.59 Å². The smallest absolute Gasteiger partial charge is 0.298 e. The molecular formula is C11H12N2O2S. The first-order valence-corrected chi connectivity index (χ1v) is 6.23. The molecule has 1 atom stereocenters. The number of thiophene rings is 1. The molecule has 0 bridgehead atoms. The van der Waals surface area contributed by atoms with E-state index in [1.807, 2.05) is 0 Å². The van der Waals surface area contributed by atoms with Crippen LogP contribution in [0.4, 0.5) is 0 Å². The van der Waals surface area contributed by atoms with Crippen molar-refractivity contribution in [2.75, 3.05) is 0 Å². The maximum absolute atomic E-state index is 11.7. The minimum absolute atomic E-state index is 0.245. The van der Waals surface area contributed by atoms with Crippen LogP contribution in [0.3, 0.4) is 0 Å². The van der Waals surface area contributed by atoms with Crippen LogP contribution in [-0.4, -0.2) is 9.97 Å². The molecule has 16 heavy (non-hydrogen) atoms. The normalized spacial score (nSPS) is 19.9. The van der Waals surface area contributed by atoms with Crippen molar-refractivity contribution in [3.8, 4) is 0 Å². The molecule has 2 aromatic heterocycles. The van der Waals surface area contributed by atoms with Crippen LogP contribution >= 0.6 is 11.3 Å². The second-order valence-electron chi connectivity index (χ2n) is 4.46. The maximum atomic E-state index is 11.7. The Morgan fingerprint density at radius 3 is 2.94 bits per heavy atom. The van der Waals surface area contributed by atoms with E-state index in [2.05, 4.69) is 16.9 Å². The third kappa shape index (κ3) is 1.35. The number of H-pyrrole nitrogens is 2. The van der Waals surface area contributed by atoms with Crippen molar-refractivity contribution < 1.29 is 0 Å². The molecule has 0 amide bonds. The van der Waals surface area contributed by atoms with Gasteiger partial charge in [-0.15, -0.1) is 11.3 Å². The van der Waals surface area contributed by atoms with Crippen LogP contribution < -0.4 is 11.2 Å². The van der Waals surface area contributed by atoms with Crippen molar-refractivity contribution >= 4 is 21.6 Å². The summed E-state index contributed by atoms with van der Waals surface area (Å²) in [5, 5.41) is 0.700. The molecule has 3 rings (SSSR count). The topological polar surface area (TPSA) is 65.7 Å². The molecule has 5 heteroatoms. The minimum Gasteiger partial charge on any atom is -0.298 e. The number of aryl methyl sites for hydroxylation is 1. The first kappa shape index (κ1) is 9.84. The van der Waals surface area contributed by atoms with E-state index < -0.39 is 5.69 Å². The van der Waals surface area contributed by atoms with Gasteiger partial charge in [0.05, 0.1) is 5.39 Å². The van der Waals surface area contributed by atoms with Crippen molar-refractivity contribution in [1.82, 2.24) is 9.97 Å². The third-order valence-corrected chi connectivity index (χ3v) is 4.36. The molecular weight excluding hydrogens is 224 g/mol. The lowest BCUT2D eigenvalue weighted by molar-refractivity contribution is 0.509. The molecule has 0 saturated heterocycles. The Morgan fingerprint density at radius 2 is 2.12 bits per heavy atom. The van der Waals surface area contributed by atoms with E-state index >= 15 is 0 Å². The summed E-state index contributed by atoms with van der Waals surface area (Å²) in [7, 11) is 0. The van der Waals surface area contributed by atoms with Crippen LogP contribution in [0.2, 0.25) is 0 Å². The predicted octanol–water partition coefficient (Wildman–Crippen LogP) is 1.40. The van der Waals surface area contributed by atoms with E-state index in [0.717, 1.165) is 29.7 Å². The van der Waals surface area contributed by atoms with Gasteiger partial charge in [-0.1, -0.05) is 6.92 Å². The number of rotatable bonds is 0. The number of nitrogens with one attached hydrogen (secondary N) is 2. The highest BCUT2D eigenvalue weighted by Gasteiger charge is 2.22. The van der Waals surface area contributed by atoms with Gasteiger partial charge >= 0.3 is 5.69 Å². The Morgan fingerprint density at radius 1 is 1.31 bits per heavy atom. The van der Waals surface area contributed by atoms with E-state index in [4.69, 9.17) is 0 Å². The van der Waals surface area contributed by atoms with Gasteiger partial charge in [0.2, 0.25) is 0 Å². The summed E-state index contributed by atoms with van der Waals surface area (Å²) in [6.45, 7) is 2.22. The maximum Gasteiger partial charge on any atom is 0.326 e. The second-order valence-corrected chi connectivity index (χ2v) is 5.57. The summed E-state index contributed by atoms with van der Waals surface area (Å²) < 4.78 is 0.